The molecule has 1 nitrogen and oxygen atoms in total. The maximum absolute atomic E-state index is 14.1. The minimum absolute atomic E-state index is 0.159. The number of hydrogen-bond donors (Lipinski definition) is 0. The first-order valence-corrected chi connectivity index (χ1v) is 8.77. The molecule has 0 radical (unpaired) electrons. The lowest BCUT2D eigenvalue weighted by Gasteiger charge is -2.06. The van der Waals surface area contributed by atoms with Crippen LogP contribution in [0.3, 0.4) is 0 Å². The molecule has 0 heterocycles. The summed E-state index contributed by atoms with van der Waals surface area (Å²) >= 11 is 0. The van der Waals surface area contributed by atoms with Crippen molar-refractivity contribution >= 4 is 5.83 Å². The number of halogens is 2. The van der Waals surface area contributed by atoms with Gasteiger partial charge in [-0.05, 0) is 36.5 Å². The number of unbranched alkanes of at least 4 members (excludes halogenated alkanes) is 2. The van der Waals surface area contributed by atoms with Gasteiger partial charge in [0.05, 0.1) is 11.6 Å². The molecule has 0 amide bonds. The number of allylic oxidation sites excluding steroid dienone is 1. The number of nitriles is 1. The molecule has 0 saturated carbocycles. The van der Waals surface area contributed by atoms with Gasteiger partial charge in [0.25, 0.3) is 0 Å². The third-order valence-electron chi connectivity index (χ3n) is 4.27. The van der Waals surface area contributed by atoms with Crippen molar-refractivity contribution in [3.63, 3.8) is 0 Å². The van der Waals surface area contributed by atoms with Crippen molar-refractivity contribution in [1.29, 1.82) is 5.26 Å². The lowest BCUT2D eigenvalue weighted by molar-refractivity contribution is 0.541. The maximum Gasteiger partial charge on any atom is 0.161 e. The molecule has 2 aromatic carbocycles. The zero-order valence-electron chi connectivity index (χ0n) is 14.6. The normalized spacial score (nSPS) is 11.8. The highest BCUT2D eigenvalue weighted by Gasteiger charge is 2.09. The molecule has 0 aliphatic carbocycles. The molecule has 25 heavy (non-hydrogen) atoms. The van der Waals surface area contributed by atoms with E-state index in [2.05, 4.69) is 6.07 Å². The number of hydrogen-bond acceptors (Lipinski definition) is 1. The van der Waals surface area contributed by atoms with E-state index >= 15 is 0 Å². The van der Waals surface area contributed by atoms with Crippen LogP contribution in [0.15, 0.2) is 54.4 Å². The van der Waals surface area contributed by atoms with Crippen molar-refractivity contribution in [2.45, 2.75) is 45.4 Å². The van der Waals surface area contributed by atoms with Crippen molar-refractivity contribution in [1.82, 2.24) is 0 Å². The summed E-state index contributed by atoms with van der Waals surface area (Å²) < 4.78 is 27.9. The predicted molar refractivity (Wildman–Crippen MR) is 98.3 cm³/mol. The lowest BCUT2D eigenvalue weighted by Crippen LogP contribution is -1.95. The van der Waals surface area contributed by atoms with Gasteiger partial charge in [-0.3, -0.25) is 0 Å². The van der Waals surface area contributed by atoms with Crippen LogP contribution in [-0.2, 0) is 12.8 Å². The predicted octanol–water partition coefficient (Wildman–Crippen LogP) is 6.53. The summed E-state index contributed by atoms with van der Waals surface area (Å²) in [5, 5.41) is 9.11. The van der Waals surface area contributed by atoms with E-state index in [0.717, 1.165) is 36.8 Å². The maximum atomic E-state index is 14.1. The van der Waals surface area contributed by atoms with Crippen LogP contribution in [0.2, 0.25) is 0 Å². The van der Waals surface area contributed by atoms with Gasteiger partial charge < -0.3 is 0 Å². The van der Waals surface area contributed by atoms with Gasteiger partial charge >= 0.3 is 0 Å². The zero-order valence-corrected chi connectivity index (χ0v) is 14.6. The van der Waals surface area contributed by atoms with Gasteiger partial charge in [0.1, 0.15) is 5.83 Å². The van der Waals surface area contributed by atoms with Crippen LogP contribution < -0.4 is 0 Å². The molecule has 0 atom stereocenters. The van der Waals surface area contributed by atoms with Gasteiger partial charge in [-0.1, -0.05) is 62.2 Å². The first kappa shape index (κ1) is 18.9. The SMILES string of the molecule is CCCCC/C(F)=C(\F)c1ccc(CCc2ccccc2C#N)cc1. The molecule has 3 heteroatoms. The number of nitrogens with zero attached hydrogens (tertiary/aromatic N) is 1. The molecule has 0 bridgehead atoms. The first-order chi connectivity index (χ1) is 12.2. The molecule has 2 aromatic rings. The van der Waals surface area contributed by atoms with E-state index in [1.54, 1.807) is 18.2 Å². The lowest BCUT2D eigenvalue weighted by atomic mass is 9.99. The van der Waals surface area contributed by atoms with E-state index in [-0.39, 0.29) is 12.0 Å². The fraction of sp³-hybridized carbons (Fsp3) is 0.318. The standard InChI is InChI=1S/C22H23F2N/c1-2-3-4-9-21(23)22(24)19-14-11-17(12-15-19)10-13-18-7-5-6-8-20(18)16-25/h5-8,11-12,14-15H,2-4,9-10,13H2,1H3/b22-21+. The molecule has 0 spiro atoms. The van der Waals surface area contributed by atoms with Crippen molar-refractivity contribution in [3.8, 4) is 6.07 Å². The number of benzene rings is 2. The summed E-state index contributed by atoms with van der Waals surface area (Å²) in [7, 11) is 0. The van der Waals surface area contributed by atoms with Crippen molar-refractivity contribution < 1.29 is 8.78 Å². The minimum atomic E-state index is -0.752. The Kier molecular flexibility index (Phi) is 7.35. The molecule has 0 N–H and O–H groups in total. The Morgan fingerprint density at radius 3 is 2.36 bits per heavy atom. The zero-order chi connectivity index (χ0) is 18.1. The molecule has 0 unspecified atom stereocenters. The third-order valence-corrected chi connectivity index (χ3v) is 4.27. The second-order valence-corrected chi connectivity index (χ2v) is 6.14. The number of rotatable bonds is 8. The van der Waals surface area contributed by atoms with Crippen LogP contribution in [0.1, 0.15) is 54.9 Å². The smallest absolute Gasteiger partial charge is 0.161 e. The van der Waals surface area contributed by atoms with E-state index in [1.807, 2.05) is 37.3 Å². The average molecular weight is 339 g/mol. The molecule has 0 fully saturated rings. The summed E-state index contributed by atoms with van der Waals surface area (Å²) in [5.74, 6) is -1.42. The fourth-order valence-electron chi connectivity index (χ4n) is 2.74. The van der Waals surface area contributed by atoms with Crippen LogP contribution in [0, 0.1) is 11.3 Å². The van der Waals surface area contributed by atoms with E-state index in [4.69, 9.17) is 5.26 Å². The van der Waals surface area contributed by atoms with Gasteiger partial charge in [0.15, 0.2) is 5.83 Å². The van der Waals surface area contributed by atoms with Crippen LogP contribution in [-0.4, -0.2) is 0 Å². The Hall–Kier alpha value is -2.47. The largest absolute Gasteiger partial charge is 0.209 e. The van der Waals surface area contributed by atoms with Crippen LogP contribution >= 0.6 is 0 Å². The van der Waals surface area contributed by atoms with Gasteiger partial charge in [-0.25, -0.2) is 8.78 Å². The average Bonchev–Trinajstić information content (AvgIpc) is 2.66. The Balaban J connectivity index is 2.00. The highest BCUT2D eigenvalue weighted by atomic mass is 19.2. The molecule has 130 valence electrons. The van der Waals surface area contributed by atoms with Crippen LogP contribution in [0.25, 0.3) is 5.83 Å². The van der Waals surface area contributed by atoms with Gasteiger partial charge in [-0.15, -0.1) is 0 Å². The number of aryl methyl sites for hydroxylation is 2. The van der Waals surface area contributed by atoms with Crippen LogP contribution in [0.5, 0.6) is 0 Å². The molecule has 0 aromatic heterocycles. The molecule has 0 aliphatic heterocycles. The molecule has 2 rings (SSSR count). The summed E-state index contributed by atoms with van der Waals surface area (Å²) in [6, 6.07) is 16.6. The Morgan fingerprint density at radius 2 is 1.68 bits per heavy atom. The molecule has 0 saturated heterocycles. The highest BCUT2D eigenvalue weighted by Crippen LogP contribution is 2.25. The third kappa shape index (κ3) is 5.53. The minimum Gasteiger partial charge on any atom is -0.209 e. The van der Waals surface area contributed by atoms with E-state index in [1.165, 1.54) is 0 Å². The topological polar surface area (TPSA) is 23.8 Å². The van der Waals surface area contributed by atoms with Crippen molar-refractivity contribution in [2.75, 3.05) is 0 Å². The second-order valence-electron chi connectivity index (χ2n) is 6.14. The van der Waals surface area contributed by atoms with E-state index in [9.17, 15) is 8.78 Å². The van der Waals surface area contributed by atoms with Gasteiger partial charge in [-0.2, -0.15) is 5.26 Å². The molecular formula is C22H23F2N. The second kappa shape index (κ2) is 9.74. The molecular weight excluding hydrogens is 316 g/mol. The quantitative estimate of drug-likeness (QED) is 0.501. The highest BCUT2D eigenvalue weighted by molar-refractivity contribution is 5.61. The Labute approximate surface area is 148 Å². The first-order valence-electron chi connectivity index (χ1n) is 8.77. The van der Waals surface area contributed by atoms with Gasteiger partial charge in [0, 0.05) is 12.0 Å². The Bertz CT molecular complexity index is 754. The summed E-state index contributed by atoms with van der Waals surface area (Å²) in [6.45, 7) is 2.03. The van der Waals surface area contributed by atoms with Crippen molar-refractivity contribution in [2.24, 2.45) is 0 Å². The van der Waals surface area contributed by atoms with Crippen LogP contribution in [0.4, 0.5) is 8.78 Å². The van der Waals surface area contributed by atoms with Crippen molar-refractivity contribution in [3.05, 3.63) is 76.6 Å². The van der Waals surface area contributed by atoms with Gasteiger partial charge in [0.2, 0.25) is 0 Å². The molecule has 0 aliphatic rings. The monoisotopic (exact) mass is 339 g/mol. The summed E-state index contributed by atoms with van der Waals surface area (Å²) in [6.07, 6.45) is 4.22. The van der Waals surface area contributed by atoms with E-state index < -0.39 is 11.7 Å². The summed E-state index contributed by atoms with van der Waals surface area (Å²) in [5.41, 5.74) is 3.01. The van der Waals surface area contributed by atoms with E-state index in [0.29, 0.717) is 12.0 Å². The Morgan fingerprint density at radius 1 is 0.960 bits per heavy atom. The fourth-order valence-corrected chi connectivity index (χ4v) is 2.74. The summed E-state index contributed by atoms with van der Waals surface area (Å²) in [4.78, 5) is 0.